The molecule has 4 heteroatoms. The van der Waals surface area contributed by atoms with E-state index in [0.29, 0.717) is 6.04 Å². The second kappa shape index (κ2) is 8.82. The standard InChI is InChI=1S/C16H27NO3/c1-6-14(11-18-4)17-10-13-7-8-15(20-12(2)3)16(9-13)19-5/h7-9,12,14,17H,6,10-11H2,1-5H3. The Balaban J connectivity index is 2.67. The summed E-state index contributed by atoms with van der Waals surface area (Å²) in [5.41, 5.74) is 1.17. The van der Waals surface area contributed by atoms with Crippen molar-refractivity contribution in [1.29, 1.82) is 0 Å². The summed E-state index contributed by atoms with van der Waals surface area (Å²) in [5.74, 6) is 1.56. The predicted octanol–water partition coefficient (Wildman–Crippen LogP) is 3.00. The molecule has 0 amide bonds. The Kier molecular flexibility index (Phi) is 7.41. The molecule has 0 saturated carbocycles. The summed E-state index contributed by atoms with van der Waals surface area (Å²) in [6, 6.07) is 6.42. The lowest BCUT2D eigenvalue weighted by molar-refractivity contribution is 0.164. The number of benzene rings is 1. The Bertz CT molecular complexity index is 393. The summed E-state index contributed by atoms with van der Waals surface area (Å²) >= 11 is 0. The molecule has 1 atom stereocenters. The number of hydrogen-bond acceptors (Lipinski definition) is 4. The SMILES string of the molecule is CCC(COC)NCc1ccc(OC(C)C)c(OC)c1. The lowest BCUT2D eigenvalue weighted by Crippen LogP contribution is -2.32. The van der Waals surface area contributed by atoms with Crippen LogP contribution >= 0.6 is 0 Å². The first kappa shape index (κ1) is 16.8. The minimum Gasteiger partial charge on any atom is -0.493 e. The van der Waals surface area contributed by atoms with Gasteiger partial charge in [0.15, 0.2) is 11.5 Å². The molecule has 0 aliphatic heterocycles. The van der Waals surface area contributed by atoms with E-state index >= 15 is 0 Å². The minimum atomic E-state index is 0.138. The first-order valence-electron chi connectivity index (χ1n) is 7.16. The molecule has 1 aromatic carbocycles. The molecule has 0 spiro atoms. The topological polar surface area (TPSA) is 39.7 Å². The molecule has 1 rings (SSSR count). The maximum Gasteiger partial charge on any atom is 0.161 e. The molecule has 1 N–H and O–H groups in total. The van der Waals surface area contributed by atoms with E-state index in [2.05, 4.69) is 18.3 Å². The Morgan fingerprint density at radius 2 is 1.90 bits per heavy atom. The van der Waals surface area contributed by atoms with Gasteiger partial charge in [-0.15, -0.1) is 0 Å². The highest BCUT2D eigenvalue weighted by Crippen LogP contribution is 2.28. The zero-order valence-corrected chi connectivity index (χ0v) is 13.2. The molecule has 0 saturated heterocycles. The largest absolute Gasteiger partial charge is 0.493 e. The van der Waals surface area contributed by atoms with Crippen molar-refractivity contribution in [2.75, 3.05) is 20.8 Å². The minimum absolute atomic E-state index is 0.138. The molecular weight excluding hydrogens is 254 g/mol. The van der Waals surface area contributed by atoms with E-state index in [0.717, 1.165) is 31.1 Å². The fourth-order valence-corrected chi connectivity index (χ4v) is 1.96. The summed E-state index contributed by atoms with van der Waals surface area (Å²) < 4.78 is 16.3. The molecule has 0 fully saturated rings. The highest BCUT2D eigenvalue weighted by molar-refractivity contribution is 5.43. The van der Waals surface area contributed by atoms with Gasteiger partial charge in [-0.1, -0.05) is 13.0 Å². The van der Waals surface area contributed by atoms with Gasteiger partial charge in [-0.05, 0) is 38.0 Å². The van der Waals surface area contributed by atoms with Gasteiger partial charge in [-0.3, -0.25) is 0 Å². The number of hydrogen-bond donors (Lipinski definition) is 1. The van der Waals surface area contributed by atoms with Crippen LogP contribution in [0.3, 0.4) is 0 Å². The molecule has 0 aliphatic carbocycles. The summed E-state index contributed by atoms with van der Waals surface area (Å²) in [6.45, 7) is 7.68. The normalized spacial score (nSPS) is 12.5. The van der Waals surface area contributed by atoms with E-state index in [-0.39, 0.29) is 6.10 Å². The second-order valence-corrected chi connectivity index (χ2v) is 5.09. The first-order chi connectivity index (χ1) is 9.60. The highest BCUT2D eigenvalue weighted by atomic mass is 16.5. The van der Waals surface area contributed by atoms with Crippen molar-refractivity contribution in [3.8, 4) is 11.5 Å². The summed E-state index contributed by atoms with van der Waals surface area (Å²) in [5, 5.41) is 3.48. The van der Waals surface area contributed by atoms with Gasteiger partial charge in [-0.2, -0.15) is 0 Å². The summed E-state index contributed by atoms with van der Waals surface area (Å²) in [6.07, 6.45) is 1.18. The third-order valence-corrected chi connectivity index (χ3v) is 3.05. The van der Waals surface area contributed by atoms with Crippen LogP contribution in [0.4, 0.5) is 0 Å². The van der Waals surface area contributed by atoms with Crippen LogP contribution < -0.4 is 14.8 Å². The van der Waals surface area contributed by atoms with Crippen LogP contribution in [0, 0.1) is 0 Å². The molecule has 1 unspecified atom stereocenters. The monoisotopic (exact) mass is 281 g/mol. The molecule has 0 aliphatic rings. The fourth-order valence-electron chi connectivity index (χ4n) is 1.96. The Morgan fingerprint density at radius 1 is 1.15 bits per heavy atom. The molecule has 0 bridgehead atoms. The Hall–Kier alpha value is -1.26. The zero-order chi connectivity index (χ0) is 15.0. The zero-order valence-electron chi connectivity index (χ0n) is 13.2. The molecule has 0 heterocycles. The quantitative estimate of drug-likeness (QED) is 0.755. The van der Waals surface area contributed by atoms with Gasteiger partial charge >= 0.3 is 0 Å². The van der Waals surface area contributed by atoms with Crippen molar-refractivity contribution in [2.45, 2.75) is 45.9 Å². The van der Waals surface area contributed by atoms with Crippen LogP contribution in [0.2, 0.25) is 0 Å². The molecule has 1 aromatic rings. The van der Waals surface area contributed by atoms with Crippen LogP contribution in [0.15, 0.2) is 18.2 Å². The predicted molar refractivity (Wildman–Crippen MR) is 81.6 cm³/mol. The van der Waals surface area contributed by atoms with Crippen molar-refractivity contribution < 1.29 is 14.2 Å². The summed E-state index contributed by atoms with van der Waals surface area (Å²) in [7, 11) is 3.39. The van der Waals surface area contributed by atoms with Crippen molar-refractivity contribution in [1.82, 2.24) is 5.32 Å². The van der Waals surface area contributed by atoms with Crippen molar-refractivity contribution >= 4 is 0 Å². The van der Waals surface area contributed by atoms with E-state index in [1.165, 1.54) is 5.56 Å². The van der Waals surface area contributed by atoms with E-state index in [4.69, 9.17) is 14.2 Å². The van der Waals surface area contributed by atoms with E-state index < -0.39 is 0 Å². The maximum absolute atomic E-state index is 5.71. The van der Waals surface area contributed by atoms with E-state index in [9.17, 15) is 0 Å². The third-order valence-electron chi connectivity index (χ3n) is 3.05. The molecule has 20 heavy (non-hydrogen) atoms. The highest BCUT2D eigenvalue weighted by Gasteiger charge is 2.09. The van der Waals surface area contributed by atoms with Crippen LogP contribution in [-0.4, -0.2) is 33.0 Å². The second-order valence-electron chi connectivity index (χ2n) is 5.09. The van der Waals surface area contributed by atoms with Gasteiger partial charge in [0.1, 0.15) is 0 Å². The maximum atomic E-state index is 5.71. The molecule has 114 valence electrons. The Labute approximate surface area is 122 Å². The number of ether oxygens (including phenoxy) is 3. The first-order valence-corrected chi connectivity index (χ1v) is 7.16. The van der Waals surface area contributed by atoms with Crippen LogP contribution in [0.25, 0.3) is 0 Å². The van der Waals surface area contributed by atoms with Gasteiger partial charge in [0.25, 0.3) is 0 Å². The fraction of sp³-hybridized carbons (Fsp3) is 0.625. The molecule has 0 radical (unpaired) electrons. The van der Waals surface area contributed by atoms with Crippen LogP contribution in [-0.2, 0) is 11.3 Å². The average Bonchev–Trinajstić information content (AvgIpc) is 2.44. The van der Waals surface area contributed by atoms with Crippen LogP contribution in [0.5, 0.6) is 11.5 Å². The van der Waals surface area contributed by atoms with E-state index in [1.54, 1.807) is 14.2 Å². The smallest absolute Gasteiger partial charge is 0.161 e. The number of rotatable bonds is 9. The third kappa shape index (κ3) is 5.39. The molecule has 0 aromatic heterocycles. The molecular formula is C16H27NO3. The van der Waals surface area contributed by atoms with Gasteiger partial charge in [0.2, 0.25) is 0 Å². The van der Waals surface area contributed by atoms with E-state index in [1.807, 2.05) is 26.0 Å². The number of methoxy groups -OCH3 is 2. The summed E-state index contributed by atoms with van der Waals surface area (Å²) in [4.78, 5) is 0. The van der Waals surface area contributed by atoms with Gasteiger partial charge < -0.3 is 19.5 Å². The van der Waals surface area contributed by atoms with Crippen molar-refractivity contribution in [2.24, 2.45) is 0 Å². The van der Waals surface area contributed by atoms with Crippen molar-refractivity contribution in [3.63, 3.8) is 0 Å². The number of nitrogens with one attached hydrogen (secondary N) is 1. The molecule has 4 nitrogen and oxygen atoms in total. The Morgan fingerprint density at radius 3 is 2.45 bits per heavy atom. The van der Waals surface area contributed by atoms with Gasteiger partial charge in [0, 0.05) is 19.7 Å². The van der Waals surface area contributed by atoms with Gasteiger partial charge in [0.05, 0.1) is 19.8 Å². The van der Waals surface area contributed by atoms with Crippen molar-refractivity contribution in [3.05, 3.63) is 23.8 Å². The average molecular weight is 281 g/mol. The van der Waals surface area contributed by atoms with Gasteiger partial charge in [-0.25, -0.2) is 0 Å². The lowest BCUT2D eigenvalue weighted by Gasteiger charge is -2.17. The lowest BCUT2D eigenvalue weighted by atomic mass is 10.1. The van der Waals surface area contributed by atoms with Crippen LogP contribution in [0.1, 0.15) is 32.8 Å².